The molecule has 0 aliphatic heterocycles. The van der Waals surface area contributed by atoms with Crippen molar-refractivity contribution < 1.29 is 29.3 Å². The summed E-state index contributed by atoms with van der Waals surface area (Å²) in [6, 6.07) is 16.1. The standard InChI is InChI=1S/C27H32O6/c1-4-25(21-11-7-19(8-12-21)15-23(28)17-32-26(30)5-2)22-13-9-20(10-14-22)16-24(29)18-33-27(31)6-3/h5-14,23-25,28-29H,2-4,15-18H2,1H3. The normalized spacial score (nSPS) is 13.4. The van der Waals surface area contributed by atoms with E-state index in [0.717, 1.165) is 40.8 Å². The van der Waals surface area contributed by atoms with Gasteiger partial charge in [0.1, 0.15) is 13.2 Å². The van der Waals surface area contributed by atoms with E-state index in [4.69, 9.17) is 9.47 Å². The second kappa shape index (κ2) is 13.4. The minimum Gasteiger partial charge on any atom is -0.460 e. The van der Waals surface area contributed by atoms with Crippen LogP contribution in [0.4, 0.5) is 0 Å². The fraction of sp³-hybridized carbons (Fsp3) is 0.333. The number of aliphatic hydroxyl groups excluding tert-OH is 2. The van der Waals surface area contributed by atoms with E-state index in [1.165, 1.54) is 0 Å². The molecule has 0 radical (unpaired) electrons. The summed E-state index contributed by atoms with van der Waals surface area (Å²) in [7, 11) is 0. The lowest BCUT2D eigenvalue weighted by molar-refractivity contribution is -0.141. The maximum absolute atomic E-state index is 11.1. The first kappa shape index (κ1) is 26.0. The molecule has 2 unspecified atom stereocenters. The Morgan fingerprint density at radius 3 is 1.45 bits per heavy atom. The van der Waals surface area contributed by atoms with Crippen molar-refractivity contribution in [2.24, 2.45) is 0 Å². The summed E-state index contributed by atoms with van der Waals surface area (Å²) >= 11 is 0. The van der Waals surface area contributed by atoms with Crippen molar-refractivity contribution in [1.29, 1.82) is 0 Å². The van der Waals surface area contributed by atoms with Gasteiger partial charge >= 0.3 is 11.9 Å². The smallest absolute Gasteiger partial charge is 0.330 e. The topological polar surface area (TPSA) is 93.1 Å². The average Bonchev–Trinajstić information content (AvgIpc) is 2.83. The third-order valence-electron chi connectivity index (χ3n) is 5.28. The molecular weight excluding hydrogens is 420 g/mol. The fourth-order valence-corrected chi connectivity index (χ4v) is 3.57. The number of carbonyl (C=O) groups excluding carboxylic acids is 2. The Balaban J connectivity index is 1.96. The first-order valence-corrected chi connectivity index (χ1v) is 11.0. The molecule has 0 aliphatic rings. The number of benzene rings is 2. The van der Waals surface area contributed by atoms with Gasteiger partial charge in [-0.1, -0.05) is 68.6 Å². The fourth-order valence-electron chi connectivity index (χ4n) is 3.57. The van der Waals surface area contributed by atoms with Crippen LogP contribution in [0.1, 0.15) is 41.5 Å². The minimum absolute atomic E-state index is 0.0675. The Labute approximate surface area is 195 Å². The third kappa shape index (κ3) is 8.67. The van der Waals surface area contributed by atoms with Gasteiger partial charge in [-0.2, -0.15) is 0 Å². The van der Waals surface area contributed by atoms with Gasteiger partial charge in [0.15, 0.2) is 0 Å². The van der Waals surface area contributed by atoms with Gasteiger partial charge in [-0.25, -0.2) is 9.59 Å². The molecule has 176 valence electrons. The summed E-state index contributed by atoms with van der Waals surface area (Å²) in [4.78, 5) is 22.2. The Morgan fingerprint density at radius 2 is 1.15 bits per heavy atom. The van der Waals surface area contributed by atoms with Crippen LogP contribution in [-0.2, 0) is 31.9 Å². The third-order valence-corrected chi connectivity index (χ3v) is 5.28. The number of hydrogen-bond acceptors (Lipinski definition) is 6. The van der Waals surface area contributed by atoms with Crippen LogP contribution in [0.15, 0.2) is 73.8 Å². The Bertz CT molecular complexity index is 841. The lowest BCUT2D eigenvalue weighted by atomic mass is 9.87. The molecule has 0 aromatic heterocycles. The van der Waals surface area contributed by atoms with Crippen LogP contribution in [0, 0.1) is 0 Å². The molecule has 6 nitrogen and oxygen atoms in total. The van der Waals surface area contributed by atoms with Crippen molar-refractivity contribution in [3.63, 3.8) is 0 Å². The van der Waals surface area contributed by atoms with Gasteiger partial charge in [0.2, 0.25) is 0 Å². The number of rotatable bonds is 13. The van der Waals surface area contributed by atoms with Gasteiger partial charge < -0.3 is 19.7 Å². The van der Waals surface area contributed by atoms with Gasteiger partial charge in [0, 0.05) is 30.9 Å². The van der Waals surface area contributed by atoms with Crippen LogP contribution in [0.2, 0.25) is 0 Å². The predicted molar refractivity (Wildman–Crippen MR) is 127 cm³/mol. The van der Waals surface area contributed by atoms with Gasteiger partial charge in [0.25, 0.3) is 0 Å². The highest BCUT2D eigenvalue weighted by molar-refractivity contribution is 5.81. The Kier molecular flexibility index (Phi) is 10.5. The number of carbonyl (C=O) groups is 2. The Hall–Kier alpha value is -3.22. The van der Waals surface area contributed by atoms with E-state index in [0.29, 0.717) is 12.8 Å². The van der Waals surface area contributed by atoms with Crippen molar-refractivity contribution in [2.45, 2.75) is 44.3 Å². The molecule has 2 aromatic rings. The summed E-state index contributed by atoms with van der Waals surface area (Å²) in [5.74, 6) is -0.885. The molecule has 0 amide bonds. The largest absolute Gasteiger partial charge is 0.460 e. The van der Waals surface area contributed by atoms with Crippen molar-refractivity contribution in [3.8, 4) is 0 Å². The average molecular weight is 453 g/mol. The van der Waals surface area contributed by atoms with Gasteiger partial charge in [-0.3, -0.25) is 0 Å². The number of hydrogen-bond donors (Lipinski definition) is 2. The van der Waals surface area contributed by atoms with Crippen LogP contribution in [0.25, 0.3) is 0 Å². The van der Waals surface area contributed by atoms with Crippen molar-refractivity contribution in [3.05, 3.63) is 96.1 Å². The zero-order valence-corrected chi connectivity index (χ0v) is 19.0. The van der Waals surface area contributed by atoms with E-state index in [1.54, 1.807) is 0 Å². The summed E-state index contributed by atoms with van der Waals surface area (Å²) in [6.45, 7) is 8.65. The van der Waals surface area contributed by atoms with Gasteiger partial charge in [-0.15, -0.1) is 0 Å². The van der Waals surface area contributed by atoms with Crippen molar-refractivity contribution in [1.82, 2.24) is 0 Å². The minimum atomic E-state index is -0.773. The molecule has 2 N–H and O–H groups in total. The molecule has 33 heavy (non-hydrogen) atoms. The van der Waals surface area contributed by atoms with Crippen LogP contribution < -0.4 is 0 Å². The molecule has 0 heterocycles. The number of aliphatic hydroxyl groups is 2. The highest BCUT2D eigenvalue weighted by Crippen LogP contribution is 2.28. The summed E-state index contributed by atoms with van der Waals surface area (Å²) in [5.41, 5.74) is 4.24. The number of ether oxygens (including phenoxy) is 2. The summed E-state index contributed by atoms with van der Waals surface area (Å²) in [6.07, 6.45) is 2.29. The Morgan fingerprint density at radius 1 is 0.788 bits per heavy atom. The summed E-state index contributed by atoms with van der Waals surface area (Å²) in [5, 5.41) is 20.1. The highest BCUT2D eigenvalue weighted by atomic mass is 16.5. The molecule has 0 fully saturated rings. The van der Waals surface area contributed by atoms with E-state index in [-0.39, 0.29) is 19.1 Å². The van der Waals surface area contributed by atoms with Crippen molar-refractivity contribution >= 4 is 11.9 Å². The lowest BCUT2D eigenvalue weighted by Crippen LogP contribution is -2.20. The van der Waals surface area contributed by atoms with Crippen LogP contribution >= 0.6 is 0 Å². The maximum atomic E-state index is 11.1. The van der Waals surface area contributed by atoms with E-state index in [9.17, 15) is 19.8 Å². The van der Waals surface area contributed by atoms with E-state index >= 15 is 0 Å². The zero-order valence-electron chi connectivity index (χ0n) is 19.0. The van der Waals surface area contributed by atoms with Gasteiger partial charge in [-0.05, 0) is 28.7 Å². The second-order valence-electron chi connectivity index (χ2n) is 7.83. The first-order valence-electron chi connectivity index (χ1n) is 11.0. The van der Waals surface area contributed by atoms with E-state index in [1.807, 2.05) is 24.3 Å². The zero-order chi connectivity index (χ0) is 24.2. The molecule has 0 bridgehead atoms. The van der Waals surface area contributed by atoms with Gasteiger partial charge in [0.05, 0.1) is 12.2 Å². The molecule has 6 heteroatoms. The van der Waals surface area contributed by atoms with E-state index < -0.39 is 24.1 Å². The molecule has 2 atom stereocenters. The quantitative estimate of drug-likeness (QED) is 0.357. The SMILES string of the molecule is C=CC(=O)OCC(O)Cc1ccc(C(CC)c2ccc(CC(O)COC(=O)C=C)cc2)cc1. The predicted octanol–water partition coefficient (Wildman–Crippen LogP) is 3.49. The molecule has 0 saturated carbocycles. The molecule has 0 spiro atoms. The van der Waals surface area contributed by atoms with Crippen LogP contribution in [0.5, 0.6) is 0 Å². The molecule has 0 aliphatic carbocycles. The lowest BCUT2D eigenvalue weighted by Gasteiger charge is -2.18. The molecule has 2 rings (SSSR count). The monoisotopic (exact) mass is 452 g/mol. The first-order chi connectivity index (χ1) is 15.9. The van der Waals surface area contributed by atoms with E-state index in [2.05, 4.69) is 44.3 Å². The van der Waals surface area contributed by atoms with Crippen LogP contribution in [0.3, 0.4) is 0 Å². The second-order valence-corrected chi connectivity index (χ2v) is 7.83. The van der Waals surface area contributed by atoms with Crippen molar-refractivity contribution in [2.75, 3.05) is 13.2 Å². The number of esters is 2. The molecular formula is C27H32O6. The summed E-state index contributed by atoms with van der Waals surface area (Å²) < 4.78 is 9.75. The van der Waals surface area contributed by atoms with Crippen LogP contribution in [-0.4, -0.2) is 47.6 Å². The molecule has 2 aromatic carbocycles. The highest BCUT2D eigenvalue weighted by Gasteiger charge is 2.14. The molecule has 0 saturated heterocycles. The maximum Gasteiger partial charge on any atom is 0.330 e.